The molecule has 16 heavy (non-hydrogen) atoms. The molecule has 0 aliphatic carbocycles. The highest BCUT2D eigenvalue weighted by atomic mass is 16.4. The van der Waals surface area contributed by atoms with E-state index in [1.165, 1.54) is 0 Å². The van der Waals surface area contributed by atoms with Crippen LogP contribution in [0.25, 0.3) is 0 Å². The van der Waals surface area contributed by atoms with Crippen molar-refractivity contribution in [1.29, 1.82) is 0 Å². The SMILES string of the molecule is C=CCN(CC)c1c(C(=O)O)c(C)nn1C. The molecule has 0 unspecified atom stereocenters. The number of carbonyl (C=O) groups is 1. The van der Waals surface area contributed by atoms with Crippen LogP contribution in [0.15, 0.2) is 12.7 Å². The molecule has 0 saturated heterocycles. The number of hydrogen-bond acceptors (Lipinski definition) is 3. The van der Waals surface area contributed by atoms with Gasteiger partial charge >= 0.3 is 5.97 Å². The lowest BCUT2D eigenvalue weighted by atomic mass is 10.2. The molecule has 1 rings (SSSR count). The Labute approximate surface area is 95.0 Å². The van der Waals surface area contributed by atoms with Gasteiger partial charge in [0.1, 0.15) is 11.4 Å². The lowest BCUT2D eigenvalue weighted by Gasteiger charge is -2.21. The first-order chi connectivity index (χ1) is 7.52. The van der Waals surface area contributed by atoms with Crippen LogP contribution in [-0.4, -0.2) is 33.9 Å². The van der Waals surface area contributed by atoms with Crippen molar-refractivity contribution in [2.75, 3.05) is 18.0 Å². The van der Waals surface area contributed by atoms with Gasteiger partial charge in [-0.25, -0.2) is 4.79 Å². The molecule has 0 bridgehead atoms. The predicted molar refractivity (Wildman–Crippen MR) is 63.0 cm³/mol. The van der Waals surface area contributed by atoms with E-state index in [4.69, 9.17) is 5.11 Å². The zero-order valence-electron chi connectivity index (χ0n) is 9.90. The summed E-state index contributed by atoms with van der Waals surface area (Å²) in [6, 6.07) is 0. The molecule has 0 aromatic carbocycles. The van der Waals surface area contributed by atoms with E-state index in [0.717, 1.165) is 0 Å². The summed E-state index contributed by atoms with van der Waals surface area (Å²) >= 11 is 0. The summed E-state index contributed by atoms with van der Waals surface area (Å²) in [6.07, 6.45) is 1.75. The quantitative estimate of drug-likeness (QED) is 0.767. The number of likely N-dealkylation sites (N-methyl/N-ethyl adjacent to an activating group) is 1. The van der Waals surface area contributed by atoms with Crippen molar-refractivity contribution in [2.45, 2.75) is 13.8 Å². The zero-order chi connectivity index (χ0) is 12.3. The lowest BCUT2D eigenvalue weighted by Crippen LogP contribution is -2.26. The van der Waals surface area contributed by atoms with E-state index < -0.39 is 5.97 Å². The Morgan fingerprint density at radius 3 is 2.75 bits per heavy atom. The highest BCUT2D eigenvalue weighted by Crippen LogP contribution is 2.22. The van der Waals surface area contributed by atoms with Crippen LogP contribution in [-0.2, 0) is 7.05 Å². The molecule has 1 N–H and O–H groups in total. The van der Waals surface area contributed by atoms with E-state index in [1.54, 1.807) is 24.7 Å². The van der Waals surface area contributed by atoms with Crippen LogP contribution in [0.1, 0.15) is 23.0 Å². The van der Waals surface area contributed by atoms with Gasteiger partial charge < -0.3 is 10.0 Å². The average molecular weight is 223 g/mol. The summed E-state index contributed by atoms with van der Waals surface area (Å²) in [5.74, 6) is -0.310. The lowest BCUT2D eigenvalue weighted by molar-refractivity contribution is 0.0696. The van der Waals surface area contributed by atoms with Gasteiger partial charge in [0, 0.05) is 20.1 Å². The number of carboxylic acid groups (broad SMARTS) is 1. The fourth-order valence-corrected chi connectivity index (χ4v) is 1.78. The maximum atomic E-state index is 11.2. The third kappa shape index (κ3) is 2.08. The van der Waals surface area contributed by atoms with Crippen molar-refractivity contribution < 1.29 is 9.90 Å². The van der Waals surface area contributed by atoms with Gasteiger partial charge in [0.15, 0.2) is 0 Å². The Kier molecular flexibility index (Phi) is 3.71. The molecule has 1 aromatic heterocycles. The first-order valence-corrected chi connectivity index (χ1v) is 5.15. The van der Waals surface area contributed by atoms with Gasteiger partial charge in [-0.1, -0.05) is 6.08 Å². The van der Waals surface area contributed by atoms with Crippen molar-refractivity contribution in [3.8, 4) is 0 Å². The smallest absolute Gasteiger partial charge is 0.341 e. The average Bonchev–Trinajstić information content (AvgIpc) is 2.50. The highest BCUT2D eigenvalue weighted by molar-refractivity contribution is 5.94. The van der Waals surface area contributed by atoms with Crippen LogP contribution < -0.4 is 4.90 Å². The summed E-state index contributed by atoms with van der Waals surface area (Å²) in [5, 5.41) is 13.3. The Balaban J connectivity index is 3.29. The molecule has 5 heteroatoms. The second-order valence-corrected chi connectivity index (χ2v) is 3.54. The normalized spacial score (nSPS) is 10.2. The number of aromatic nitrogens is 2. The number of anilines is 1. The van der Waals surface area contributed by atoms with Crippen LogP contribution >= 0.6 is 0 Å². The molecule has 1 heterocycles. The molecule has 0 spiro atoms. The standard InChI is InChI=1S/C11H17N3O2/c1-5-7-14(6-2)10-9(11(15)16)8(3)12-13(10)4/h5H,1,6-7H2,2-4H3,(H,15,16). The van der Waals surface area contributed by atoms with Crippen molar-refractivity contribution in [2.24, 2.45) is 7.05 Å². The number of hydrogen-bond donors (Lipinski definition) is 1. The van der Waals surface area contributed by atoms with Gasteiger partial charge in [0.05, 0.1) is 5.69 Å². The van der Waals surface area contributed by atoms with Crippen LogP contribution in [0.2, 0.25) is 0 Å². The Morgan fingerprint density at radius 2 is 2.31 bits per heavy atom. The number of rotatable bonds is 5. The minimum Gasteiger partial charge on any atom is -0.477 e. The van der Waals surface area contributed by atoms with E-state index in [0.29, 0.717) is 24.6 Å². The number of aryl methyl sites for hydroxylation is 2. The molecule has 1 aromatic rings. The van der Waals surface area contributed by atoms with E-state index >= 15 is 0 Å². The summed E-state index contributed by atoms with van der Waals surface area (Å²) < 4.78 is 1.60. The molecule has 0 aliphatic heterocycles. The largest absolute Gasteiger partial charge is 0.477 e. The van der Waals surface area contributed by atoms with E-state index in [-0.39, 0.29) is 5.56 Å². The maximum Gasteiger partial charge on any atom is 0.341 e. The third-order valence-corrected chi connectivity index (χ3v) is 2.44. The molecular formula is C11H17N3O2. The fourth-order valence-electron chi connectivity index (χ4n) is 1.78. The van der Waals surface area contributed by atoms with Gasteiger partial charge in [-0.15, -0.1) is 6.58 Å². The van der Waals surface area contributed by atoms with Crippen molar-refractivity contribution in [3.05, 3.63) is 23.9 Å². The van der Waals surface area contributed by atoms with Crippen molar-refractivity contribution in [3.63, 3.8) is 0 Å². The van der Waals surface area contributed by atoms with Crippen LogP contribution in [0.4, 0.5) is 5.82 Å². The first-order valence-electron chi connectivity index (χ1n) is 5.15. The molecular weight excluding hydrogens is 206 g/mol. The van der Waals surface area contributed by atoms with E-state index in [9.17, 15) is 4.79 Å². The molecule has 0 amide bonds. The van der Waals surface area contributed by atoms with Gasteiger partial charge in [-0.05, 0) is 13.8 Å². The molecule has 0 saturated carbocycles. The molecule has 0 fully saturated rings. The molecule has 5 nitrogen and oxygen atoms in total. The molecule has 88 valence electrons. The van der Waals surface area contributed by atoms with Crippen LogP contribution in [0.3, 0.4) is 0 Å². The third-order valence-electron chi connectivity index (χ3n) is 2.44. The number of carboxylic acids is 1. The minimum atomic E-state index is -0.942. The Bertz CT molecular complexity index is 410. The van der Waals surface area contributed by atoms with Gasteiger partial charge in [0.25, 0.3) is 0 Å². The predicted octanol–water partition coefficient (Wildman–Crippen LogP) is 1.44. The molecule has 0 aliphatic rings. The molecule has 0 radical (unpaired) electrons. The minimum absolute atomic E-state index is 0.270. The zero-order valence-corrected chi connectivity index (χ0v) is 9.90. The summed E-state index contributed by atoms with van der Waals surface area (Å²) in [6.45, 7) is 8.66. The highest BCUT2D eigenvalue weighted by Gasteiger charge is 2.22. The Morgan fingerprint density at radius 1 is 1.69 bits per heavy atom. The second-order valence-electron chi connectivity index (χ2n) is 3.54. The van der Waals surface area contributed by atoms with Crippen LogP contribution in [0, 0.1) is 6.92 Å². The summed E-state index contributed by atoms with van der Waals surface area (Å²) in [5.41, 5.74) is 0.804. The van der Waals surface area contributed by atoms with Gasteiger partial charge in [0.2, 0.25) is 0 Å². The van der Waals surface area contributed by atoms with Gasteiger partial charge in [-0.3, -0.25) is 4.68 Å². The fraction of sp³-hybridized carbons (Fsp3) is 0.455. The number of aromatic carboxylic acids is 1. The van der Waals surface area contributed by atoms with E-state index in [2.05, 4.69) is 11.7 Å². The van der Waals surface area contributed by atoms with Gasteiger partial charge in [-0.2, -0.15) is 5.10 Å². The maximum absolute atomic E-state index is 11.2. The van der Waals surface area contributed by atoms with Crippen molar-refractivity contribution >= 4 is 11.8 Å². The van der Waals surface area contributed by atoms with Crippen molar-refractivity contribution in [1.82, 2.24) is 9.78 Å². The van der Waals surface area contributed by atoms with E-state index in [1.807, 2.05) is 11.8 Å². The first kappa shape index (κ1) is 12.3. The monoisotopic (exact) mass is 223 g/mol. The molecule has 0 atom stereocenters. The summed E-state index contributed by atoms with van der Waals surface area (Å²) in [7, 11) is 1.75. The number of nitrogens with zero attached hydrogens (tertiary/aromatic N) is 3. The summed E-state index contributed by atoms with van der Waals surface area (Å²) in [4.78, 5) is 13.1. The second kappa shape index (κ2) is 4.83. The Hall–Kier alpha value is -1.78. The topological polar surface area (TPSA) is 58.4 Å². The van der Waals surface area contributed by atoms with Crippen LogP contribution in [0.5, 0.6) is 0 Å².